The highest BCUT2D eigenvalue weighted by Crippen LogP contribution is 2.60. The normalized spacial score (nSPS) is 23.3. The number of nitrogens with zero attached hydrogens (tertiary/aromatic N) is 1. The number of carbonyl (C=O) groups excluding carboxylic acids is 3. The van der Waals surface area contributed by atoms with Crippen LogP contribution in [0.5, 0.6) is 0 Å². The highest BCUT2D eigenvalue weighted by molar-refractivity contribution is 6.31. The second-order valence-electron chi connectivity index (χ2n) is 13.5. The van der Waals surface area contributed by atoms with E-state index >= 15 is 0 Å². The Bertz CT molecular complexity index is 1610. The number of amides is 3. The van der Waals surface area contributed by atoms with Gasteiger partial charge in [-0.05, 0) is 72.3 Å². The lowest BCUT2D eigenvalue weighted by Crippen LogP contribution is -2.60. The van der Waals surface area contributed by atoms with Crippen LogP contribution in [0.1, 0.15) is 81.3 Å². The lowest BCUT2D eigenvalue weighted by molar-refractivity contribution is -0.136. The van der Waals surface area contributed by atoms with E-state index in [-0.39, 0.29) is 35.2 Å². The molecule has 2 saturated carbocycles. The first kappa shape index (κ1) is 31.4. The fourth-order valence-electron chi connectivity index (χ4n) is 7.25. The van der Waals surface area contributed by atoms with E-state index in [0.29, 0.717) is 29.4 Å². The molecule has 2 heterocycles. The van der Waals surface area contributed by atoms with Crippen LogP contribution >= 0.6 is 11.6 Å². The molecule has 240 valence electrons. The van der Waals surface area contributed by atoms with E-state index in [4.69, 9.17) is 26.1 Å². The number of carbonyl (C=O) groups is 3. The summed E-state index contributed by atoms with van der Waals surface area (Å²) >= 11 is 6.73. The molecule has 0 spiro atoms. The number of aromatic nitrogens is 2. The van der Waals surface area contributed by atoms with E-state index in [2.05, 4.69) is 34.8 Å². The molecular formula is C34H42ClN5O5. The van der Waals surface area contributed by atoms with Crippen molar-refractivity contribution in [1.82, 2.24) is 25.9 Å². The van der Waals surface area contributed by atoms with Gasteiger partial charge in [0.25, 0.3) is 0 Å². The molecule has 10 nitrogen and oxygen atoms in total. The van der Waals surface area contributed by atoms with Crippen LogP contribution in [0.25, 0.3) is 11.0 Å². The molecule has 3 amide bonds. The number of fused-ring (bicyclic) bond motifs is 1. The van der Waals surface area contributed by atoms with Crippen molar-refractivity contribution in [1.29, 1.82) is 0 Å². The summed E-state index contributed by atoms with van der Waals surface area (Å²) in [7, 11) is 2.94. The molecule has 1 saturated heterocycles. The minimum Gasteiger partial charge on any atom is -0.453 e. The van der Waals surface area contributed by atoms with Crippen LogP contribution in [0.2, 0.25) is 5.02 Å². The zero-order chi connectivity index (χ0) is 32.0. The first-order valence-electron chi connectivity index (χ1n) is 15.7. The lowest BCUT2D eigenvalue weighted by Gasteiger charge is -2.45. The minimum absolute atomic E-state index is 0.0947. The van der Waals surface area contributed by atoms with Crippen molar-refractivity contribution >= 4 is 40.5 Å². The third kappa shape index (κ3) is 5.67. The number of alkyl carbamates (subject to hydrolysis) is 1. The van der Waals surface area contributed by atoms with Crippen LogP contribution < -0.4 is 16.0 Å². The van der Waals surface area contributed by atoms with Gasteiger partial charge >= 0.3 is 6.09 Å². The van der Waals surface area contributed by atoms with Gasteiger partial charge in [0.1, 0.15) is 11.9 Å². The van der Waals surface area contributed by atoms with Gasteiger partial charge in [0.2, 0.25) is 11.8 Å². The monoisotopic (exact) mass is 635 g/mol. The minimum atomic E-state index is -0.967. The third-order valence-corrected chi connectivity index (χ3v) is 10.9. The zero-order valence-electron chi connectivity index (χ0n) is 26.3. The largest absolute Gasteiger partial charge is 0.453 e. The van der Waals surface area contributed by atoms with Crippen molar-refractivity contribution in [2.24, 2.45) is 10.8 Å². The SMILES string of the molecule is CNC(=O)[C@H](NC(=O)C1(c2ccc3[nH]c([C@@H](NC(=O)OC)[C@H](c4ccccc4Cl)C4(C)CC4)nc3c2)CCOC1)C1(C)CCC1. The second-order valence-corrected chi connectivity index (χ2v) is 13.9. The van der Waals surface area contributed by atoms with Crippen LogP contribution in [0.4, 0.5) is 4.79 Å². The fraction of sp³-hybridized carbons (Fsp3) is 0.529. The van der Waals surface area contributed by atoms with Crippen LogP contribution in [0.3, 0.4) is 0 Å². The first-order valence-corrected chi connectivity index (χ1v) is 16.1. The molecule has 3 aliphatic rings. The van der Waals surface area contributed by atoms with Gasteiger partial charge in [-0.15, -0.1) is 0 Å². The van der Waals surface area contributed by atoms with Crippen molar-refractivity contribution in [2.45, 2.75) is 75.8 Å². The zero-order valence-corrected chi connectivity index (χ0v) is 27.1. The molecule has 0 bridgehead atoms. The topological polar surface area (TPSA) is 134 Å². The Kier molecular flexibility index (Phi) is 8.33. The number of likely N-dealkylation sites (N-methyl/N-ethyl adjacent to an activating group) is 1. The number of aromatic amines is 1. The van der Waals surface area contributed by atoms with Gasteiger partial charge in [-0.2, -0.15) is 0 Å². The van der Waals surface area contributed by atoms with Crippen molar-refractivity contribution < 1.29 is 23.9 Å². The Labute approximate surface area is 268 Å². The van der Waals surface area contributed by atoms with Gasteiger partial charge in [-0.1, -0.05) is 56.1 Å². The number of benzene rings is 2. The smallest absolute Gasteiger partial charge is 0.407 e. The Morgan fingerprint density at radius 2 is 1.78 bits per heavy atom. The summed E-state index contributed by atoms with van der Waals surface area (Å²) in [5.41, 5.74) is 1.79. The average Bonchev–Trinajstić information content (AvgIpc) is 3.39. The predicted molar refractivity (Wildman–Crippen MR) is 171 cm³/mol. The number of hydrogen-bond donors (Lipinski definition) is 4. The van der Waals surface area contributed by atoms with Gasteiger partial charge in [0, 0.05) is 24.6 Å². The van der Waals surface area contributed by atoms with Crippen molar-refractivity contribution in [3.05, 3.63) is 64.4 Å². The van der Waals surface area contributed by atoms with Gasteiger partial charge in [-0.25, -0.2) is 9.78 Å². The van der Waals surface area contributed by atoms with Crippen molar-refractivity contribution in [3.8, 4) is 0 Å². The first-order chi connectivity index (χ1) is 21.5. The molecule has 3 aromatic rings. The molecule has 2 aliphatic carbocycles. The maximum absolute atomic E-state index is 14.1. The third-order valence-electron chi connectivity index (χ3n) is 10.6. The Morgan fingerprint density at radius 1 is 1.02 bits per heavy atom. The van der Waals surface area contributed by atoms with Crippen LogP contribution in [-0.4, -0.2) is 61.3 Å². The summed E-state index contributed by atoms with van der Waals surface area (Å²) in [4.78, 5) is 48.1. The summed E-state index contributed by atoms with van der Waals surface area (Å²) in [5.74, 6) is 0.000610. The van der Waals surface area contributed by atoms with Crippen molar-refractivity contribution in [3.63, 3.8) is 0 Å². The maximum atomic E-state index is 14.1. The van der Waals surface area contributed by atoms with Crippen molar-refractivity contribution in [2.75, 3.05) is 27.4 Å². The van der Waals surface area contributed by atoms with E-state index in [0.717, 1.165) is 48.7 Å². The molecule has 3 fully saturated rings. The maximum Gasteiger partial charge on any atom is 0.407 e. The Hall–Kier alpha value is -3.63. The van der Waals surface area contributed by atoms with Crippen LogP contribution in [0.15, 0.2) is 42.5 Å². The molecule has 1 aromatic heterocycles. The number of methoxy groups -OCH3 is 1. The number of rotatable bonds is 10. The van der Waals surface area contributed by atoms with Crippen LogP contribution in [0, 0.1) is 10.8 Å². The van der Waals surface area contributed by atoms with Gasteiger partial charge in [0.05, 0.1) is 36.2 Å². The number of hydrogen-bond acceptors (Lipinski definition) is 6. The second kappa shape index (κ2) is 11.9. The summed E-state index contributed by atoms with van der Waals surface area (Å²) in [6.45, 7) is 4.90. The molecular weight excluding hydrogens is 594 g/mol. The summed E-state index contributed by atoms with van der Waals surface area (Å²) in [5, 5.41) is 9.52. The average molecular weight is 636 g/mol. The van der Waals surface area contributed by atoms with Gasteiger partial charge in [0.15, 0.2) is 0 Å². The molecule has 1 unspecified atom stereocenters. The van der Waals surface area contributed by atoms with Gasteiger partial charge in [-0.3, -0.25) is 9.59 Å². The Morgan fingerprint density at radius 3 is 2.38 bits per heavy atom. The van der Waals surface area contributed by atoms with E-state index in [1.807, 2.05) is 42.5 Å². The molecule has 6 rings (SSSR count). The molecule has 4 N–H and O–H groups in total. The highest BCUT2D eigenvalue weighted by atomic mass is 35.5. The number of H-pyrrole nitrogens is 1. The molecule has 4 atom stereocenters. The molecule has 11 heteroatoms. The highest BCUT2D eigenvalue weighted by Gasteiger charge is 2.52. The lowest BCUT2D eigenvalue weighted by atomic mass is 9.65. The number of imidazole rings is 1. The number of nitrogens with one attached hydrogen (secondary N) is 4. The predicted octanol–water partition coefficient (Wildman–Crippen LogP) is 5.28. The summed E-state index contributed by atoms with van der Waals surface area (Å²) in [6, 6.07) is 12.3. The Balaban J connectivity index is 1.37. The fourth-order valence-corrected chi connectivity index (χ4v) is 7.51. The number of ether oxygens (including phenoxy) is 2. The standard InChI is InChI=1S/C34H42ClN5O5/c1-32(14-15-32)25(21-8-5-6-9-22(21)35)26(39-31(43)44-4)28-37-23-11-10-20(18-24(23)38-28)34(16-17-45-19-34)30(42)40-27(29(41)36-3)33(2)12-7-13-33/h5-6,8-11,18,25-27H,7,12-17,19H2,1-4H3,(H,36,41)(H,37,38)(H,39,43)(H,40,42)/t25-,26-,27-,34?/m0/s1. The van der Waals surface area contributed by atoms with E-state index in [1.165, 1.54) is 7.11 Å². The number of halogens is 1. The van der Waals surface area contributed by atoms with Crippen LogP contribution in [-0.2, 0) is 24.5 Å². The molecule has 2 aromatic carbocycles. The van der Waals surface area contributed by atoms with E-state index in [9.17, 15) is 14.4 Å². The quantitative estimate of drug-likeness (QED) is 0.240. The van der Waals surface area contributed by atoms with E-state index in [1.54, 1.807) is 7.05 Å². The molecule has 1 aliphatic heterocycles. The van der Waals surface area contributed by atoms with Gasteiger partial charge < -0.3 is 30.4 Å². The summed E-state index contributed by atoms with van der Waals surface area (Å²) in [6.07, 6.45) is 4.69. The summed E-state index contributed by atoms with van der Waals surface area (Å²) < 4.78 is 10.8. The molecule has 0 radical (unpaired) electrons. The molecule has 45 heavy (non-hydrogen) atoms. The van der Waals surface area contributed by atoms with E-state index < -0.39 is 23.6 Å².